The van der Waals surface area contributed by atoms with Crippen LogP contribution in [0.4, 0.5) is 9.18 Å². The van der Waals surface area contributed by atoms with Gasteiger partial charge in [-0.3, -0.25) is 0 Å². The fourth-order valence-electron chi connectivity index (χ4n) is 1.89. The molecule has 0 unspecified atom stereocenters. The van der Waals surface area contributed by atoms with Crippen LogP contribution in [0.3, 0.4) is 0 Å². The minimum atomic E-state index is -1.14. The summed E-state index contributed by atoms with van der Waals surface area (Å²) >= 11 is 1.36. The fraction of sp³-hybridized carbons (Fsp3) is 0.529. The monoisotopic (exact) mass is 357 g/mol. The number of benzene rings is 1. The number of aliphatic carboxylic acids is 1. The van der Waals surface area contributed by atoms with E-state index in [4.69, 9.17) is 4.74 Å². The Balaban J connectivity index is 2.75. The average Bonchev–Trinajstić information content (AvgIpc) is 2.42. The lowest BCUT2D eigenvalue weighted by Gasteiger charge is -2.32. The summed E-state index contributed by atoms with van der Waals surface area (Å²) in [5.41, 5.74) is 0.161. The van der Waals surface area contributed by atoms with Gasteiger partial charge in [0.25, 0.3) is 0 Å². The Labute approximate surface area is 146 Å². The number of hydrogen-bond acceptors (Lipinski definition) is 4. The van der Waals surface area contributed by atoms with Crippen LogP contribution in [-0.2, 0) is 15.3 Å². The van der Waals surface area contributed by atoms with E-state index in [9.17, 15) is 19.1 Å². The number of hydrogen-bond donors (Lipinski definition) is 2. The van der Waals surface area contributed by atoms with Gasteiger partial charge in [0.15, 0.2) is 0 Å². The molecule has 24 heavy (non-hydrogen) atoms. The number of thioether (sulfide) groups is 1. The maximum absolute atomic E-state index is 12.9. The molecule has 0 spiro atoms. The summed E-state index contributed by atoms with van der Waals surface area (Å²) in [6, 6.07) is 4.88. The van der Waals surface area contributed by atoms with E-state index in [1.165, 1.54) is 23.9 Å². The molecule has 0 bridgehead atoms. The summed E-state index contributed by atoms with van der Waals surface area (Å²) in [4.78, 5) is 23.5. The van der Waals surface area contributed by atoms with Gasteiger partial charge in [0.2, 0.25) is 0 Å². The quantitative estimate of drug-likeness (QED) is 0.809. The average molecular weight is 357 g/mol. The van der Waals surface area contributed by atoms with Gasteiger partial charge in [-0.25, -0.2) is 14.0 Å². The van der Waals surface area contributed by atoms with Crippen LogP contribution in [-0.4, -0.2) is 33.6 Å². The SMILES string of the molecule is CC(C)(C)OC(=O)N[C@H](C(=O)O)C(C)(C)SCc1ccc(F)cc1. The van der Waals surface area contributed by atoms with Gasteiger partial charge in [-0.05, 0) is 52.3 Å². The zero-order valence-corrected chi connectivity index (χ0v) is 15.4. The third-order valence-electron chi connectivity index (χ3n) is 3.13. The molecule has 0 aliphatic rings. The lowest BCUT2D eigenvalue weighted by molar-refractivity contribution is -0.140. The maximum atomic E-state index is 12.9. The molecule has 0 fully saturated rings. The van der Waals surface area contributed by atoms with Crippen molar-refractivity contribution in [3.8, 4) is 0 Å². The molecule has 134 valence electrons. The standard InChI is InChI=1S/C17H24FNO4S/c1-16(2,3)23-15(22)19-13(14(20)21)17(4,5)24-10-11-6-8-12(18)9-7-11/h6-9,13H,10H2,1-5H3,(H,19,22)(H,20,21)/t13-/m1/s1. The van der Waals surface area contributed by atoms with Gasteiger partial charge >= 0.3 is 12.1 Å². The number of alkyl carbamates (subject to hydrolysis) is 1. The van der Waals surface area contributed by atoms with Gasteiger partial charge in [-0.1, -0.05) is 12.1 Å². The highest BCUT2D eigenvalue weighted by Gasteiger charge is 2.38. The van der Waals surface area contributed by atoms with Gasteiger partial charge < -0.3 is 15.2 Å². The number of amides is 1. The van der Waals surface area contributed by atoms with E-state index in [2.05, 4.69) is 5.32 Å². The summed E-state index contributed by atoms with van der Waals surface area (Å²) < 4.78 is 17.3. The van der Waals surface area contributed by atoms with Gasteiger partial charge in [-0.2, -0.15) is 0 Å². The molecule has 1 rings (SSSR count). The summed E-state index contributed by atoms with van der Waals surface area (Å²) in [5.74, 6) is -0.969. The Morgan fingerprint density at radius 3 is 2.21 bits per heavy atom. The van der Waals surface area contributed by atoms with E-state index in [0.717, 1.165) is 5.56 Å². The zero-order valence-electron chi connectivity index (χ0n) is 14.6. The number of halogens is 1. The molecule has 1 aromatic rings. The van der Waals surface area contributed by atoms with Crippen LogP contribution in [0.2, 0.25) is 0 Å². The molecule has 1 atom stereocenters. The summed E-state index contributed by atoms with van der Waals surface area (Å²) in [5, 5.41) is 11.9. The first-order valence-electron chi connectivity index (χ1n) is 7.51. The number of carbonyl (C=O) groups is 2. The van der Waals surface area contributed by atoms with Crippen molar-refractivity contribution in [2.24, 2.45) is 0 Å². The number of carboxylic acids is 1. The Morgan fingerprint density at radius 2 is 1.75 bits per heavy atom. The van der Waals surface area contributed by atoms with E-state index in [0.29, 0.717) is 5.75 Å². The highest BCUT2D eigenvalue weighted by molar-refractivity contribution is 7.99. The van der Waals surface area contributed by atoms with Crippen molar-refractivity contribution < 1.29 is 23.8 Å². The van der Waals surface area contributed by atoms with E-state index in [1.807, 2.05) is 0 Å². The Morgan fingerprint density at radius 1 is 1.21 bits per heavy atom. The number of carboxylic acid groups (broad SMARTS) is 1. The number of rotatable bonds is 6. The molecule has 0 saturated heterocycles. The first kappa shape index (κ1) is 20.3. The molecule has 0 aliphatic carbocycles. The molecular formula is C17H24FNO4S. The number of ether oxygens (including phenoxy) is 1. The lowest BCUT2D eigenvalue weighted by atomic mass is 10.0. The number of carbonyl (C=O) groups excluding carboxylic acids is 1. The molecular weight excluding hydrogens is 333 g/mol. The van der Waals surface area contributed by atoms with Crippen LogP contribution < -0.4 is 5.32 Å². The molecule has 0 aliphatic heterocycles. The predicted octanol–water partition coefficient (Wildman–Crippen LogP) is 3.82. The smallest absolute Gasteiger partial charge is 0.408 e. The van der Waals surface area contributed by atoms with Crippen molar-refractivity contribution in [2.45, 2.75) is 56.8 Å². The van der Waals surface area contributed by atoms with Crippen LogP contribution in [0.25, 0.3) is 0 Å². The molecule has 1 amide bonds. The lowest BCUT2D eigenvalue weighted by Crippen LogP contribution is -2.53. The summed E-state index contributed by atoms with van der Waals surface area (Å²) in [6.07, 6.45) is -0.773. The Hall–Kier alpha value is -1.76. The van der Waals surface area contributed by atoms with Crippen molar-refractivity contribution >= 4 is 23.8 Å². The van der Waals surface area contributed by atoms with Gasteiger partial charge in [0, 0.05) is 10.5 Å². The third-order valence-corrected chi connectivity index (χ3v) is 4.58. The number of nitrogens with one attached hydrogen (secondary N) is 1. The van der Waals surface area contributed by atoms with Crippen molar-refractivity contribution in [2.75, 3.05) is 0 Å². The first-order valence-corrected chi connectivity index (χ1v) is 8.50. The Kier molecular flexibility index (Phi) is 6.66. The van der Waals surface area contributed by atoms with Gasteiger partial charge in [0.1, 0.15) is 17.5 Å². The minimum Gasteiger partial charge on any atom is -0.480 e. The molecule has 0 heterocycles. The second-order valence-corrected chi connectivity index (χ2v) is 8.57. The van der Waals surface area contributed by atoms with E-state index >= 15 is 0 Å². The van der Waals surface area contributed by atoms with Crippen molar-refractivity contribution in [3.63, 3.8) is 0 Å². The molecule has 1 aromatic carbocycles. The second-order valence-electron chi connectivity index (χ2n) is 6.94. The van der Waals surface area contributed by atoms with Crippen LogP contribution in [0.1, 0.15) is 40.2 Å². The molecule has 7 heteroatoms. The summed E-state index contributed by atoms with van der Waals surface area (Å²) in [7, 11) is 0. The molecule has 0 saturated carbocycles. The van der Waals surface area contributed by atoms with Gasteiger partial charge in [-0.15, -0.1) is 11.8 Å². The topological polar surface area (TPSA) is 75.6 Å². The molecule has 0 aromatic heterocycles. The first-order chi connectivity index (χ1) is 10.9. The fourth-order valence-corrected chi connectivity index (χ4v) is 2.95. The normalized spacial score (nSPS) is 13.2. The van der Waals surface area contributed by atoms with Crippen molar-refractivity contribution in [1.29, 1.82) is 0 Å². The molecule has 0 radical (unpaired) electrons. The largest absolute Gasteiger partial charge is 0.480 e. The zero-order chi connectivity index (χ0) is 18.5. The second kappa shape index (κ2) is 7.88. The van der Waals surface area contributed by atoms with E-state index < -0.39 is 28.5 Å². The highest BCUT2D eigenvalue weighted by Crippen LogP contribution is 2.32. The van der Waals surface area contributed by atoms with Crippen LogP contribution in [0.5, 0.6) is 0 Å². The summed E-state index contributed by atoms with van der Waals surface area (Å²) in [6.45, 7) is 8.58. The molecule has 5 nitrogen and oxygen atoms in total. The highest BCUT2D eigenvalue weighted by atomic mass is 32.2. The van der Waals surface area contributed by atoms with Crippen molar-refractivity contribution in [3.05, 3.63) is 35.6 Å². The van der Waals surface area contributed by atoms with E-state index in [1.54, 1.807) is 46.8 Å². The van der Waals surface area contributed by atoms with Crippen molar-refractivity contribution in [1.82, 2.24) is 5.32 Å². The minimum absolute atomic E-state index is 0.321. The van der Waals surface area contributed by atoms with Crippen LogP contribution in [0, 0.1) is 5.82 Å². The predicted molar refractivity (Wildman–Crippen MR) is 92.6 cm³/mol. The van der Waals surface area contributed by atoms with E-state index in [-0.39, 0.29) is 5.82 Å². The van der Waals surface area contributed by atoms with Crippen LogP contribution in [0.15, 0.2) is 24.3 Å². The van der Waals surface area contributed by atoms with Crippen LogP contribution >= 0.6 is 11.8 Å². The Bertz CT molecular complexity index is 581. The molecule has 2 N–H and O–H groups in total. The third kappa shape index (κ3) is 6.78. The maximum Gasteiger partial charge on any atom is 0.408 e. The van der Waals surface area contributed by atoms with Gasteiger partial charge in [0.05, 0.1) is 0 Å².